The van der Waals surface area contributed by atoms with Crippen molar-refractivity contribution in [2.45, 2.75) is 39.2 Å². The summed E-state index contributed by atoms with van der Waals surface area (Å²) in [5.41, 5.74) is 2.12. The van der Waals surface area contributed by atoms with Gasteiger partial charge in [0.1, 0.15) is 0 Å². The molecule has 4 nitrogen and oxygen atoms in total. The zero-order valence-corrected chi connectivity index (χ0v) is 16.2. The second-order valence-corrected chi connectivity index (χ2v) is 6.29. The number of carbonyl (C=O) groups is 1. The minimum Gasteiger partial charge on any atom is -0.493 e. The van der Waals surface area contributed by atoms with Crippen molar-refractivity contribution in [2.75, 3.05) is 20.8 Å². The molecule has 1 atom stereocenters. The quantitative estimate of drug-likeness (QED) is 0.658. The van der Waals surface area contributed by atoms with Crippen molar-refractivity contribution < 1.29 is 14.3 Å². The summed E-state index contributed by atoms with van der Waals surface area (Å²) in [4.78, 5) is 15.1. The van der Waals surface area contributed by atoms with Gasteiger partial charge < -0.3 is 14.4 Å². The van der Waals surface area contributed by atoms with Crippen LogP contribution in [0.1, 0.15) is 43.7 Å². The molecule has 0 aromatic heterocycles. The first-order valence-corrected chi connectivity index (χ1v) is 9.19. The highest BCUT2D eigenvalue weighted by Gasteiger charge is 2.24. The van der Waals surface area contributed by atoms with E-state index >= 15 is 0 Å². The lowest BCUT2D eigenvalue weighted by Gasteiger charge is -2.27. The molecule has 0 heterocycles. The second-order valence-electron chi connectivity index (χ2n) is 6.29. The highest BCUT2D eigenvalue weighted by Crippen LogP contribution is 2.29. The fourth-order valence-corrected chi connectivity index (χ4v) is 3.17. The Balaban J connectivity index is 2.22. The van der Waals surface area contributed by atoms with E-state index in [-0.39, 0.29) is 11.8 Å². The molecule has 0 aliphatic heterocycles. The van der Waals surface area contributed by atoms with Gasteiger partial charge in [-0.2, -0.15) is 0 Å². The van der Waals surface area contributed by atoms with Gasteiger partial charge in [-0.1, -0.05) is 49.7 Å². The molecule has 140 valence electrons. The average Bonchev–Trinajstić information content (AvgIpc) is 2.70. The monoisotopic (exact) mass is 355 g/mol. The largest absolute Gasteiger partial charge is 0.493 e. The van der Waals surface area contributed by atoms with Gasteiger partial charge in [-0.15, -0.1) is 0 Å². The lowest BCUT2D eigenvalue weighted by atomic mass is 9.93. The van der Waals surface area contributed by atoms with Crippen LogP contribution in [0.3, 0.4) is 0 Å². The minimum absolute atomic E-state index is 0.0960. The van der Waals surface area contributed by atoms with Crippen molar-refractivity contribution in [2.24, 2.45) is 0 Å². The smallest absolute Gasteiger partial charge is 0.230 e. The predicted molar refractivity (Wildman–Crippen MR) is 105 cm³/mol. The summed E-state index contributed by atoms with van der Waals surface area (Å²) < 4.78 is 10.7. The Hall–Kier alpha value is -2.49. The summed E-state index contributed by atoms with van der Waals surface area (Å²) in [6.45, 7) is 5.36. The lowest BCUT2D eigenvalue weighted by Crippen LogP contribution is -2.34. The van der Waals surface area contributed by atoms with Gasteiger partial charge in [-0.3, -0.25) is 4.79 Å². The molecular weight excluding hydrogens is 326 g/mol. The first kappa shape index (κ1) is 19.8. The van der Waals surface area contributed by atoms with Crippen LogP contribution in [0.15, 0.2) is 48.5 Å². The maximum Gasteiger partial charge on any atom is 0.230 e. The maximum absolute atomic E-state index is 13.2. The standard InChI is InChI=1S/C22H29NO3/c1-5-10-19(18-11-8-7-9-12-18)22(24)23(6-2)16-17-13-14-20(25-3)21(15-17)26-4/h7-9,11-15,19H,5-6,10,16H2,1-4H3. The fourth-order valence-electron chi connectivity index (χ4n) is 3.17. The Kier molecular flexibility index (Phi) is 7.52. The SMILES string of the molecule is CCCC(C(=O)N(CC)Cc1ccc(OC)c(OC)c1)c1ccccc1. The van der Waals surface area contributed by atoms with Crippen molar-refractivity contribution in [3.8, 4) is 11.5 Å². The Morgan fingerprint density at radius 2 is 1.69 bits per heavy atom. The van der Waals surface area contributed by atoms with Crippen LogP contribution < -0.4 is 9.47 Å². The summed E-state index contributed by atoms with van der Waals surface area (Å²) in [7, 11) is 3.24. The second kappa shape index (κ2) is 9.85. The molecule has 26 heavy (non-hydrogen) atoms. The molecule has 0 saturated carbocycles. The molecule has 0 bridgehead atoms. The molecule has 1 amide bonds. The number of rotatable bonds is 9. The van der Waals surface area contributed by atoms with Crippen molar-refractivity contribution in [3.05, 3.63) is 59.7 Å². The van der Waals surface area contributed by atoms with E-state index in [1.54, 1.807) is 14.2 Å². The number of hydrogen-bond donors (Lipinski definition) is 0. The minimum atomic E-state index is -0.0960. The van der Waals surface area contributed by atoms with Crippen LogP contribution in [-0.4, -0.2) is 31.6 Å². The number of benzene rings is 2. The Morgan fingerprint density at radius 3 is 2.27 bits per heavy atom. The number of hydrogen-bond acceptors (Lipinski definition) is 3. The van der Waals surface area contributed by atoms with Crippen LogP contribution in [-0.2, 0) is 11.3 Å². The highest BCUT2D eigenvalue weighted by atomic mass is 16.5. The molecule has 1 unspecified atom stereocenters. The number of likely N-dealkylation sites (N-methyl/N-ethyl adjacent to an activating group) is 1. The average molecular weight is 355 g/mol. The van der Waals surface area contributed by atoms with Crippen LogP contribution >= 0.6 is 0 Å². The Labute approximate surface area is 156 Å². The molecule has 0 aliphatic carbocycles. The Morgan fingerprint density at radius 1 is 1.00 bits per heavy atom. The van der Waals surface area contributed by atoms with Crippen LogP contribution in [0.5, 0.6) is 11.5 Å². The maximum atomic E-state index is 13.2. The third kappa shape index (κ3) is 4.78. The van der Waals surface area contributed by atoms with E-state index in [2.05, 4.69) is 6.92 Å². The normalized spacial score (nSPS) is 11.7. The third-order valence-corrected chi connectivity index (χ3v) is 4.59. The van der Waals surface area contributed by atoms with E-state index in [1.165, 1.54) is 0 Å². The van der Waals surface area contributed by atoms with Crippen LogP contribution in [0.25, 0.3) is 0 Å². The van der Waals surface area contributed by atoms with Crippen LogP contribution in [0.4, 0.5) is 0 Å². The first-order chi connectivity index (χ1) is 12.6. The van der Waals surface area contributed by atoms with Crippen LogP contribution in [0, 0.1) is 0 Å². The van der Waals surface area contributed by atoms with Gasteiger partial charge in [-0.05, 0) is 36.6 Å². The molecule has 0 radical (unpaired) electrons. The number of amides is 1. The number of methoxy groups -OCH3 is 2. The predicted octanol–water partition coefficient (Wildman–Crippen LogP) is 4.64. The fraction of sp³-hybridized carbons (Fsp3) is 0.409. The molecule has 0 saturated heterocycles. The molecule has 0 fully saturated rings. The van der Waals surface area contributed by atoms with Crippen molar-refractivity contribution >= 4 is 5.91 Å². The summed E-state index contributed by atoms with van der Waals surface area (Å²) in [6, 6.07) is 15.9. The van der Waals surface area contributed by atoms with E-state index in [1.807, 2.05) is 60.4 Å². The van der Waals surface area contributed by atoms with Gasteiger partial charge in [0.15, 0.2) is 11.5 Å². The molecule has 2 aromatic carbocycles. The molecule has 4 heteroatoms. The number of nitrogens with zero attached hydrogens (tertiary/aromatic N) is 1. The third-order valence-electron chi connectivity index (χ3n) is 4.59. The van der Waals surface area contributed by atoms with E-state index in [9.17, 15) is 4.79 Å². The topological polar surface area (TPSA) is 38.8 Å². The molecule has 0 aliphatic rings. The van der Waals surface area contributed by atoms with E-state index in [0.29, 0.717) is 24.6 Å². The van der Waals surface area contributed by atoms with Gasteiger partial charge in [0.25, 0.3) is 0 Å². The van der Waals surface area contributed by atoms with Gasteiger partial charge in [0.05, 0.1) is 20.1 Å². The first-order valence-electron chi connectivity index (χ1n) is 9.19. The summed E-state index contributed by atoms with van der Waals surface area (Å²) in [5, 5.41) is 0. The van der Waals surface area contributed by atoms with Gasteiger partial charge in [-0.25, -0.2) is 0 Å². The van der Waals surface area contributed by atoms with Crippen molar-refractivity contribution in [1.29, 1.82) is 0 Å². The van der Waals surface area contributed by atoms with E-state index < -0.39 is 0 Å². The highest BCUT2D eigenvalue weighted by molar-refractivity contribution is 5.83. The molecule has 0 N–H and O–H groups in total. The summed E-state index contributed by atoms with van der Waals surface area (Å²) in [5.74, 6) is 1.46. The summed E-state index contributed by atoms with van der Waals surface area (Å²) in [6.07, 6.45) is 1.82. The van der Waals surface area contributed by atoms with Gasteiger partial charge in [0.2, 0.25) is 5.91 Å². The Bertz CT molecular complexity index is 700. The zero-order chi connectivity index (χ0) is 18.9. The zero-order valence-electron chi connectivity index (χ0n) is 16.2. The van der Waals surface area contributed by atoms with Crippen molar-refractivity contribution in [3.63, 3.8) is 0 Å². The molecule has 0 spiro atoms. The van der Waals surface area contributed by atoms with E-state index in [0.717, 1.165) is 24.0 Å². The molecular formula is C22H29NO3. The number of ether oxygens (including phenoxy) is 2. The van der Waals surface area contributed by atoms with Crippen LogP contribution in [0.2, 0.25) is 0 Å². The lowest BCUT2D eigenvalue weighted by molar-refractivity contribution is -0.133. The number of carbonyl (C=O) groups excluding carboxylic acids is 1. The van der Waals surface area contributed by atoms with Gasteiger partial charge >= 0.3 is 0 Å². The van der Waals surface area contributed by atoms with E-state index in [4.69, 9.17) is 9.47 Å². The molecule has 2 aromatic rings. The van der Waals surface area contributed by atoms with Gasteiger partial charge in [0, 0.05) is 13.1 Å². The van der Waals surface area contributed by atoms with Crippen molar-refractivity contribution in [1.82, 2.24) is 4.90 Å². The molecule has 2 rings (SSSR count). The summed E-state index contributed by atoms with van der Waals surface area (Å²) >= 11 is 0.